The molecule has 0 aliphatic heterocycles. The van der Waals surface area contributed by atoms with E-state index in [1.165, 1.54) is 0 Å². The van der Waals surface area contributed by atoms with Crippen LogP contribution in [0.1, 0.15) is 41.2 Å². The second-order valence-electron chi connectivity index (χ2n) is 4.78. The Morgan fingerprint density at radius 1 is 1.25 bits per heavy atom. The average molecular weight is 339 g/mol. The summed E-state index contributed by atoms with van der Waals surface area (Å²) in [5.41, 5.74) is 2.66. The Balaban J connectivity index is 2.38. The second kappa shape index (κ2) is 6.02. The van der Waals surface area contributed by atoms with Crippen LogP contribution in [0, 0.1) is 20.8 Å². The maximum atomic E-state index is 10.6. The SMILES string of the molecule is CCOc1ccc(C(O)c2c(C)oc(C)c2C)cc1Br. The number of aliphatic hydroxyl groups excluding tert-OH is 1. The third-order valence-electron chi connectivity index (χ3n) is 3.46. The molecule has 0 aliphatic rings. The molecule has 4 heteroatoms. The quantitative estimate of drug-likeness (QED) is 0.895. The van der Waals surface area contributed by atoms with Crippen molar-refractivity contribution in [1.82, 2.24) is 0 Å². The fourth-order valence-electron chi connectivity index (χ4n) is 2.34. The molecule has 1 aromatic carbocycles. The third-order valence-corrected chi connectivity index (χ3v) is 4.08. The van der Waals surface area contributed by atoms with Crippen molar-refractivity contribution in [1.29, 1.82) is 0 Å². The summed E-state index contributed by atoms with van der Waals surface area (Å²) in [6.45, 7) is 8.30. The normalized spacial score (nSPS) is 12.5. The van der Waals surface area contributed by atoms with Crippen molar-refractivity contribution in [2.75, 3.05) is 6.61 Å². The molecule has 2 aromatic rings. The van der Waals surface area contributed by atoms with Gasteiger partial charge >= 0.3 is 0 Å². The number of benzene rings is 1. The second-order valence-corrected chi connectivity index (χ2v) is 5.63. The first-order valence-electron chi connectivity index (χ1n) is 6.62. The highest BCUT2D eigenvalue weighted by Gasteiger charge is 2.21. The predicted octanol–water partition coefficient (Wildman–Crippen LogP) is 4.45. The van der Waals surface area contributed by atoms with E-state index in [-0.39, 0.29) is 0 Å². The number of rotatable bonds is 4. The molecule has 1 unspecified atom stereocenters. The number of aliphatic hydroxyl groups is 1. The van der Waals surface area contributed by atoms with Gasteiger partial charge in [-0.25, -0.2) is 0 Å². The van der Waals surface area contributed by atoms with Gasteiger partial charge in [0, 0.05) is 5.56 Å². The molecule has 3 nitrogen and oxygen atoms in total. The van der Waals surface area contributed by atoms with Gasteiger partial charge in [-0.1, -0.05) is 6.07 Å². The molecule has 1 aromatic heterocycles. The summed E-state index contributed by atoms with van der Waals surface area (Å²) < 4.78 is 11.9. The zero-order valence-corrected chi connectivity index (χ0v) is 13.7. The highest BCUT2D eigenvalue weighted by Crippen LogP contribution is 2.34. The van der Waals surface area contributed by atoms with Gasteiger partial charge in [0.25, 0.3) is 0 Å². The van der Waals surface area contributed by atoms with Gasteiger partial charge in [0.15, 0.2) is 0 Å². The van der Waals surface area contributed by atoms with Crippen LogP contribution in [-0.4, -0.2) is 11.7 Å². The first-order chi connectivity index (χ1) is 9.45. The van der Waals surface area contributed by atoms with Gasteiger partial charge in [-0.15, -0.1) is 0 Å². The van der Waals surface area contributed by atoms with Crippen LogP contribution in [0.2, 0.25) is 0 Å². The van der Waals surface area contributed by atoms with Crippen LogP contribution in [0.3, 0.4) is 0 Å². The van der Waals surface area contributed by atoms with Crippen molar-refractivity contribution in [3.8, 4) is 5.75 Å². The summed E-state index contributed by atoms with van der Waals surface area (Å²) in [7, 11) is 0. The van der Waals surface area contributed by atoms with Gasteiger partial charge in [0.05, 0.1) is 11.1 Å². The van der Waals surface area contributed by atoms with Crippen LogP contribution < -0.4 is 4.74 Å². The number of ether oxygens (including phenoxy) is 1. The number of halogens is 1. The number of hydrogen-bond acceptors (Lipinski definition) is 3. The monoisotopic (exact) mass is 338 g/mol. The fourth-order valence-corrected chi connectivity index (χ4v) is 2.85. The predicted molar refractivity (Wildman–Crippen MR) is 82.3 cm³/mol. The van der Waals surface area contributed by atoms with E-state index in [1.807, 2.05) is 45.9 Å². The smallest absolute Gasteiger partial charge is 0.133 e. The Morgan fingerprint density at radius 3 is 2.45 bits per heavy atom. The molecular weight excluding hydrogens is 320 g/mol. The summed E-state index contributed by atoms with van der Waals surface area (Å²) in [4.78, 5) is 0. The Morgan fingerprint density at radius 2 is 1.95 bits per heavy atom. The Hall–Kier alpha value is -1.26. The Labute approximate surface area is 127 Å². The van der Waals surface area contributed by atoms with Crippen LogP contribution >= 0.6 is 15.9 Å². The molecule has 20 heavy (non-hydrogen) atoms. The van der Waals surface area contributed by atoms with Gasteiger partial charge in [-0.2, -0.15) is 0 Å². The van der Waals surface area contributed by atoms with Gasteiger partial charge in [0.2, 0.25) is 0 Å². The summed E-state index contributed by atoms with van der Waals surface area (Å²) in [5.74, 6) is 2.39. The van der Waals surface area contributed by atoms with Crippen LogP contribution in [-0.2, 0) is 0 Å². The molecule has 0 saturated carbocycles. The average Bonchev–Trinajstić information content (AvgIpc) is 2.65. The summed E-state index contributed by atoms with van der Waals surface area (Å²) >= 11 is 3.47. The lowest BCUT2D eigenvalue weighted by Gasteiger charge is -2.14. The molecule has 1 atom stereocenters. The fraction of sp³-hybridized carbons (Fsp3) is 0.375. The third kappa shape index (κ3) is 2.76. The van der Waals surface area contributed by atoms with Gasteiger partial charge in [-0.3, -0.25) is 0 Å². The van der Waals surface area contributed by atoms with Crippen molar-refractivity contribution in [2.24, 2.45) is 0 Å². The number of aryl methyl sites for hydroxylation is 2. The maximum absolute atomic E-state index is 10.6. The number of hydrogen-bond donors (Lipinski definition) is 1. The summed E-state index contributed by atoms with van der Waals surface area (Å²) in [6, 6.07) is 5.63. The molecular formula is C16H19BrO3. The van der Waals surface area contributed by atoms with Crippen molar-refractivity contribution in [3.63, 3.8) is 0 Å². The molecule has 0 saturated heterocycles. The molecule has 1 N–H and O–H groups in total. The van der Waals surface area contributed by atoms with E-state index in [1.54, 1.807) is 0 Å². The highest BCUT2D eigenvalue weighted by atomic mass is 79.9. The molecule has 0 aliphatic carbocycles. The molecule has 2 rings (SSSR count). The Bertz CT molecular complexity index is 616. The molecule has 108 valence electrons. The van der Waals surface area contributed by atoms with Crippen molar-refractivity contribution < 1.29 is 14.3 Å². The van der Waals surface area contributed by atoms with E-state index >= 15 is 0 Å². The first-order valence-corrected chi connectivity index (χ1v) is 7.41. The van der Waals surface area contributed by atoms with E-state index in [0.29, 0.717) is 6.61 Å². The molecule has 1 heterocycles. The van der Waals surface area contributed by atoms with E-state index in [2.05, 4.69) is 15.9 Å². The lowest BCUT2D eigenvalue weighted by atomic mass is 9.98. The zero-order valence-electron chi connectivity index (χ0n) is 12.2. The van der Waals surface area contributed by atoms with Gasteiger partial charge in [0.1, 0.15) is 23.4 Å². The van der Waals surface area contributed by atoms with E-state index in [4.69, 9.17) is 9.15 Å². The van der Waals surface area contributed by atoms with Crippen molar-refractivity contribution in [2.45, 2.75) is 33.8 Å². The minimum atomic E-state index is -0.695. The topological polar surface area (TPSA) is 42.6 Å². The Kier molecular flexibility index (Phi) is 4.55. The summed E-state index contributed by atoms with van der Waals surface area (Å²) in [6.07, 6.45) is -0.695. The molecule has 0 fully saturated rings. The van der Waals surface area contributed by atoms with Crippen LogP contribution in [0.4, 0.5) is 0 Å². The molecule has 0 amide bonds. The van der Waals surface area contributed by atoms with E-state index < -0.39 is 6.10 Å². The van der Waals surface area contributed by atoms with Crippen LogP contribution in [0.15, 0.2) is 27.1 Å². The minimum absolute atomic E-state index is 0.611. The van der Waals surface area contributed by atoms with Crippen LogP contribution in [0.25, 0.3) is 0 Å². The molecule has 0 radical (unpaired) electrons. The minimum Gasteiger partial charge on any atom is -0.493 e. The van der Waals surface area contributed by atoms with Gasteiger partial charge in [-0.05, 0) is 66.9 Å². The molecule has 0 spiro atoms. The van der Waals surface area contributed by atoms with Gasteiger partial charge < -0.3 is 14.3 Å². The first kappa shape index (κ1) is 15.1. The number of furan rings is 1. The highest BCUT2D eigenvalue weighted by molar-refractivity contribution is 9.10. The maximum Gasteiger partial charge on any atom is 0.133 e. The summed E-state index contributed by atoms with van der Waals surface area (Å²) in [5, 5.41) is 10.6. The molecule has 0 bridgehead atoms. The van der Waals surface area contributed by atoms with Crippen LogP contribution in [0.5, 0.6) is 5.75 Å². The largest absolute Gasteiger partial charge is 0.493 e. The van der Waals surface area contributed by atoms with E-state index in [9.17, 15) is 5.11 Å². The standard InChI is InChI=1S/C16H19BrO3/c1-5-19-14-7-6-12(8-13(14)17)16(18)15-9(2)10(3)20-11(15)4/h6-8,16,18H,5H2,1-4H3. The zero-order chi connectivity index (χ0) is 14.9. The van der Waals surface area contributed by atoms with Crippen molar-refractivity contribution in [3.05, 3.63) is 50.9 Å². The van der Waals surface area contributed by atoms with E-state index in [0.717, 1.165) is 38.4 Å². The van der Waals surface area contributed by atoms with Crippen molar-refractivity contribution >= 4 is 15.9 Å². The lowest BCUT2D eigenvalue weighted by Crippen LogP contribution is -2.03. The lowest BCUT2D eigenvalue weighted by molar-refractivity contribution is 0.217.